The van der Waals surface area contributed by atoms with Crippen LogP contribution in [0.4, 0.5) is 17.6 Å². The van der Waals surface area contributed by atoms with E-state index >= 15 is 4.39 Å². The molecular formula is C19H17F4I2N5O2. The third kappa shape index (κ3) is 4.63. The van der Waals surface area contributed by atoms with Crippen molar-refractivity contribution < 1.29 is 25.2 Å². The number of nitrogens with zero attached hydrogens (tertiary/aromatic N) is 4. The fourth-order valence-corrected chi connectivity index (χ4v) is 7.22. The first-order chi connectivity index (χ1) is 14.9. The van der Waals surface area contributed by atoms with E-state index in [1.54, 1.807) is 24.5 Å². The summed E-state index contributed by atoms with van der Waals surface area (Å²) in [6, 6.07) is 1.04. The topological polar surface area (TPSA) is 99.4 Å². The first kappa shape index (κ1) is 23.4. The van der Waals surface area contributed by atoms with E-state index in [4.69, 9.17) is 13.3 Å². The second-order valence-electron chi connectivity index (χ2n) is 7.60. The van der Waals surface area contributed by atoms with Crippen LogP contribution >= 0.6 is 42.8 Å². The summed E-state index contributed by atoms with van der Waals surface area (Å²) in [4.78, 5) is 12.5. The molecule has 1 unspecified atom stereocenters. The van der Waals surface area contributed by atoms with E-state index in [1.165, 1.54) is 19.9 Å². The summed E-state index contributed by atoms with van der Waals surface area (Å²) in [6.07, 6.45) is 6.25. The van der Waals surface area contributed by atoms with Gasteiger partial charge in [0.1, 0.15) is 0 Å². The molecule has 3 heterocycles. The number of aliphatic imine (C=N–C) groups is 1. The molecule has 32 heavy (non-hydrogen) atoms. The van der Waals surface area contributed by atoms with Crippen LogP contribution < -0.4 is 5.73 Å². The van der Waals surface area contributed by atoms with Crippen LogP contribution in [0.25, 0.3) is 17.1 Å². The SMILES string of the molecule is CC1(F)CC=C(c2cc(-c3ncc(I)cn3)no2)C=C1[C@]1(C)CI(C(F)(F)F)OC(N)=N1. The minimum absolute atomic E-state index is 0.0731. The molecule has 2 aliphatic rings. The zero-order valence-corrected chi connectivity index (χ0v) is 21.1. The Labute approximate surface area is 201 Å². The molecular weight excluding hydrogens is 660 g/mol. The number of nitrogens with two attached hydrogens (primary N) is 1. The molecule has 7 nitrogen and oxygen atoms in total. The molecule has 172 valence electrons. The van der Waals surface area contributed by atoms with E-state index in [0.717, 1.165) is 3.57 Å². The molecule has 2 aromatic rings. The third-order valence-corrected chi connectivity index (χ3v) is 10.0. The van der Waals surface area contributed by atoms with Crippen molar-refractivity contribution in [2.45, 2.75) is 35.7 Å². The van der Waals surface area contributed by atoms with Gasteiger partial charge in [-0.3, -0.25) is 0 Å². The molecule has 0 saturated heterocycles. The second kappa shape index (κ2) is 8.22. The van der Waals surface area contributed by atoms with Crippen molar-refractivity contribution in [3.8, 4) is 11.5 Å². The standard InChI is InChI=1S/C19H17F4I2N5O2/c1-17(20)4-3-10(13-6-12(30-32-13)15-27-7-11(24)8-28-15)5-14(17)18(2)9-25(19(21,22)23)31-16(26)29-18/h3,5-8H,4,9H2,1-2H3,(H2,26,29)/t17?,18-/m0/s1. The number of aromatic nitrogens is 3. The Hall–Kier alpha value is -1.78. The molecule has 2 N–H and O–H groups in total. The fraction of sp³-hybridized carbons (Fsp3) is 0.368. The van der Waals surface area contributed by atoms with Gasteiger partial charge in [0.25, 0.3) is 0 Å². The molecule has 0 aromatic carbocycles. The average molecular weight is 677 g/mol. The van der Waals surface area contributed by atoms with Crippen LogP contribution in [0.1, 0.15) is 26.0 Å². The van der Waals surface area contributed by atoms with Crippen LogP contribution in [0.5, 0.6) is 0 Å². The molecule has 0 spiro atoms. The summed E-state index contributed by atoms with van der Waals surface area (Å²) in [7, 11) is 0. The van der Waals surface area contributed by atoms with Crippen LogP contribution in [0.2, 0.25) is 0 Å². The normalized spacial score (nSPS) is 27.3. The van der Waals surface area contributed by atoms with Gasteiger partial charge in [0.15, 0.2) is 0 Å². The Bertz CT molecular complexity index is 1130. The van der Waals surface area contributed by atoms with Gasteiger partial charge in [0.05, 0.1) is 0 Å². The van der Waals surface area contributed by atoms with E-state index in [1.807, 2.05) is 0 Å². The molecule has 2 atom stereocenters. The fourth-order valence-electron chi connectivity index (χ4n) is 3.53. The van der Waals surface area contributed by atoms with E-state index in [9.17, 15) is 13.2 Å². The summed E-state index contributed by atoms with van der Waals surface area (Å²) in [5.41, 5.74) is 3.11. The molecule has 0 amide bonds. The summed E-state index contributed by atoms with van der Waals surface area (Å²) in [6.45, 7) is 2.77. The molecule has 0 fully saturated rings. The molecule has 1 aliphatic carbocycles. The number of alkyl halides is 6. The Balaban J connectivity index is 1.70. The van der Waals surface area contributed by atoms with Crippen molar-refractivity contribution in [3.63, 3.8) is 0 Å². The monoisotopic (exact) mass is 677 g/mol. The molecule has 2 aromatic heterocycles. The van der Waals surface area contributed by atoms with Gasteiger partial charge in [0.2, 0.25) is 0 Å². The minimum atomic E-state index is -4.51. The van der Waals surface area contributed by atoms with Gasteiger partial charge in [-0.05, 0) is 22.6 Å². The van der Waals surface area contributed by atoms with Crippen LogP contribution in [0.3, 0.4) is 0 Å². The molecule has 13 heteroatoms. The van der Waals surface area contributed by atoms with Crippen molar-refractivity contribution in [2.24, 2.45) is 10.7 Å². The van der Waals surface area contributed by atoms with Crippen LogP contribution in [0.15, 0.2) is 45.7 Å². The number of amidine groups is 1. The van der Waals surface area contributed by atoms with Crippen LogP contribution in [-0.2, 0) is 3.07 Å². The molecule has 1 aliphatic heterocycles. The molecule has 0 radical (unpaired) electrons. The van der Waals surface area contributed by atoms with Crippen molar-refractivity contribution in [1.29, 1.82) is 0 Å². The quantitative estimate of drug-likeness (QED) is 0.272. The zero-order valence-electron chi connectivity index (χ0n) is 16.8. The average Bonchev–Trinajstić information content (AvgIpc) is 3.17. The van der Waals surface area contributed by atoms with Gasteiger partial charge >= 0.3 is 180 Å². The van der Waals surface area contributed by atoms with Gasteiger partial charge in [-0.2, -0.15) is 0 Å². The Morgan fingerprint density at radius 1 is 1.22 bits per heavy atom. The van der Waals surface area contributed by atoms with E-state index in [2.05, 4.69) is 42.7 Å². The zero-order chi connectivity index (χ0) is 23.3. The number of hydrogen-bond acceptors (Lipinski definition) is 7. The summed E-state index contributed by atoms with van der Waals surface area (Å²) in [5.74, 6) is 0.666. The van der Waals surface area contributed by atoms with E-state index in [-0.39, 0.29) is 12.0 Å². The van der Waals surface area contributed by atoms with Gasteiger partial charge < -0.3 is 0 Å². The van der Waals surface area contributed by atoms with Crippen LogP contribution in [-0.4, -0.2) is 41.0 Å². The third-order valence-electron chi connectivity index (χ3n) is 4.94. The Kier molecular flexibility index (Phi) is 6.00. The van der Waals surface area contributed by atoms with E-state index in [0.29, 0.717) is 22.9 Å². The first-order valence-electron chi connectivity index (χ1n) is 9.21. The Morgan fingerprint density at radius 2 is 1.91 bits per heavy atom. The summed E-state index contributed by atoms with van der Waals surface area (Å²) >= 11 is -1.93. The number of allylic oxidation sites excluding steroid dienone is 3. The maximum atomic E-state index is 15.5. The van der Waals surface area contributed by atoms with Gasteiger partial charge in [-0.15, -0.1) is 0 Å². The predicted octanol–water partition coefficient (Wildman–Crippen LogP) is 5.22. The molecule has 0 saturated carbocycles. The summed E-state index contributed by atoms with van der Waals surface area (Å²) in [5, 5.41) is 3.96. The molecule has 0 bridgehead atoms. The number of hydrogen-bond donors (Lipinski definition) is 1. The molecule has 4 rings (SSSR count). The summed E-state index contributed by atoms with van der Waals surface area (Å²) < 4.78 is 61.9. The number of halogens is 6. The Morgan fingerprint density at radius 3 is 2.56 bits per heavy atom. The first-order valence-corrected chi connectivity index (χ1v) is 13.8. The van der Waals surface area contributed by atoms with Crippen molar-refractivity contribution in [1.82, 2.24) is 15.1 Å². The van der Waals surface area contributed by atoms with Crippen molar-refractivity contribution in [3.05, 3.63) is 45.5 Å². The van der Waals surface area contributed by atoms with Crippen molar-refractivity contribution in [2.75, 3.05) is 4.43 Å². The van der Waals surface area contributed by atoms with Gasteiger partial charge in [-0.25, -0.2) is 0 Å². The second-order valence-corrected chi connectivity index (χ2v) is 13.1. The maximum absolute atomic E-state index is 15.5. The van der Waals surface area contributed by atoms with Crippen LogP contribution in [0, 0.1) is 3.57 Å². The number of rotatable bonds is 3. The predicted molar refractivity (Wildman–Crippen MR) is 126 cm³/mol. The van der Waals surface area contributed by atoms with Gasteiger partial charge in [-0.1, -0.05) is 0 Å². The van der Waals surface area contributed by atoms with Gasteiger partial charge in [0, 0.05) is 0 Å². The van der Waals surface area contributed by atoms with E-state index < -0.39 is 46.1 Å². The van der Waals surface area contributed by atoms with Crippen molar-refractivity contribution >= 4 is 54.4 Å².